The molecular weight excluding hydrogens is 380 g/mol. The van der Waals surface area contributed by atoms with E-state index in [0.717, 1.165) is 21.0 Å². The number of thiazole rings is 1. The maximum absolute atomic E-state index is 12.2. The van der Waals surface area contributed by atoms with Gasteiger partial charge in [0.05, 0.1) is 17.7 Å². The van der Waals surface area contributed by atoms with E-state index in [9.17, 15) is 9.59 Å². The van der Waals surface area contributed by atoms with Gasteiger partial charge in [0.15, 0.2) is 0 Å². The van der Waals surface area contributed by atoms with Crippen LogP contribution in [0.1, 0.15) is 36.4 Å². The van der Waals surface area contributed by atoms with Gasteiger partial charge in [-0.1, -0.05) is 17.7 Å². The van der Waals surface area contributed by atoms with Crippen molar-refractivity contribution in [2.75, 3.05) is 5.32 Å². The van der Waals surface area contributed by atoms with E-state index in [1.807, 2.05) is 56.5 Å². The van der Waals surface area contributed by atoms with E-state index < -0.39 is 0 Å². The second-order valence-electron chi connectivity index (χ2n) is 6.23. The summed E-state index contributed by atoms with van der Waals surface area (Å²) in [5, 5.41) is 5.35. The third-order valence-corrected chi connectivity index (χ3v) is 5.72. The molecule has 27 heavy (non-hydrogen) atoms. The highest BCUT2D eigenvalue weighted by atomic mass is 32.1. The number of ether oxygens (including phenoxy) is 1. The van der Waals surface area contributed by atoms with Crippen molar-refractivity contribution in [1.29, 1.82) is 0 Å². The van der Waals surface area contributed by atoms with E-state index in [1.165, 1.54) is 11.3 Å². The van der Waals surface area contributed by atoms with Gasteiger partial charge < -0.3 is 10.1 Å². The van der Waals surface area contributed by atoms with Gasteiger partial charge in [-0.15, -0.1) is 22.7 Å². The zero-order valence-electron chi connectivity index (χ0n) is 15.4. The second-order valence-corrected chi connectivity index (χ2v) is 8.63. The van der Waals surface area contributed by atoms with E-state index in [2.05, 4.69) is 10.3 Å². The summed E-state index contributed by atoms with van der Waals surface area (Å²) >= 11 is 2.96. The van der Waals surface area contributed by atoms with E-state index in [4.69, 9.17) is 4.74 Å². The molecule has 0 atom stereocenters. The number of thiophene rings is 1. The highest BCUT2D eigenvalue weighted by Gasteiger charge is 2.15. The zero-order valence-corrected chi connectivity index (χ0v) is 17.0. The molecule has 0 aliphatic heterocycles. The number of hydrogen-bond donors (Lipinski definition) is 1. The Morgan fingerprint density at radius 2 is 1.89 bits per heavy atom. The molecule has 1 N–H and O–H groups in total. The lowest BCUT2D eigenvalue weighted by Gasteiger charge is -2.04. The topological polar surface area (TPSA) is 68.3 Å². The lowest BCUT2D eigenvalue weighted by atomic mass is 10.2. The van der Waals surface area contributed by atoms with Crippen LogP contribution in [0.25, 0.3) is 0 Å². The number of carbonyl (C=O) groups is 2. The van der Waals surface area contributed by atoms with Crippen LogP contribution in [0.5, 0.6) is 0 Å². The number of anilines is 1. The maximum atomic E-state index is 12.2. The Hall–Kier alpha value is -2.51. The van der Waals surface area contributed by atoms with Crippen LogP contribution >= 0.6 is 22.7 Å². The van der Waals surface area contributed by atoms with E-state index in [-0.39, 0.29) is 24.9 Å². The van der Waals surface area contributed by atoms with Crippen molar-refractivity contribution in [1.82, 2.24) is 4.98 Å². The fraction of sp³-hybridized carbons (Fsp3) is 0.250. The van der Waals surface area contributed by atoms with E-state index in [1.54, 1.807) is 11.3 Å². The molecular formula is C20H20N2O3S2. The van der Waals surface area contributed by atoms with E-state index >= 15 is 0 Å². The highest BCUT2D eigenvalue weighted by Crippen LogP contribution is 2.22. The summed E-state index contributed by atoms with van der Waals surface area (Å²) in [4.78, 5) is 30.7. The van der Waals surface area contributed by atoms with Gasteiger partial charge in [0.25, 0.3) is 0 Å². The first-order chi connectivity index (χ1) is 12.9. The Kier molecular flexibility index (Phi) is 6.03. The largest absolute Gasteiger partial charge is 0.456 e. The molecule has 3 rings (SSSR count). The molecule has 2 heterocycles. The van der Waals surface area contributed by atoms with Crippen molar-refractivity contribution in [2.24, 2.45) is 0 Å². The third kappa shape index (κ3) is 5.24. The van der Waals surface area contributed by atoms with Crippen LogP contribution in [0.15, 0.2) is 35.7 Å². The summed E-state index contributed by atoms with van der Waals surface area (Å²) in [5.74, 6) is -0.468. The first-order valence-electron chi connectivity index (χ1n) is 8.44. The predicted octanol–water partition coefficient (Wildman–Crippen LogP) is 4.67. The van der Waals surface area contributed by atoms with Crippen LogP contribution in [0, 0.1) is 20.8 Å². The number of benzene rings is 1. The van der Waals surface area contributed by atoms with Crippen LogP contribution in [0.4, 0.5) is 5.69 Å². The quantitative estimate of drug-likeness (QED) is 0.611. The monoisotopic (exact) mass is 400 g/mol. The Morgan fingerprint density at radius 3 is 2.56 bits per heavy atom. The standard InChI is InChI=1S/C20H20N2O3S2/c1-12-4-6-15(7-5-12)21-18(23)9-19-22-16(11-26-19)10-25-20(24)17-8-13(2)27-14(17)3/h4-8,11H,9-10H2,1-3H3,(H,21,23). The lowest BCUT2D eigenvalue weighted by molar-refractivity contribution is -0.115. The van der Waals surface area contributed by atoms with Gasteiger partial charge in [-0.2, -0.15) is 0 Å². The van der Waals surface area contributed by atoms with Crippen molar-refractivity contribution in [2.45, 2.75) is 33.8 Å². The molecule has 2 aromatic heterocycles. The summed E-state index contributed by atoms with van der Waals surface area (Å²) in [6.07, 6.45) is 0.190. The average molecular weight is 401 g/mol. The number of amides is 1. The number of esters is 1. The molecule has 140 valence electrons. The van der Waals surface area contributed by atoms with Crippen LogP contribution < -0.4 is 5.32 Å². The Balaban J connectivity index is 1.52. The normalized spacial score (nSPS) is 10.6. The molecule has 0 aliphatic carbocycles. The van der Waals surface area contributed by atoms with Gasteiger partial charge in [0, 0.05) is 20.8 Å². The molecule has 0 saturated heterocycles. The molecule has 3 aromatic rings. The molecule has 0 radical (unpaired) electrons. The summed E-state index contributed by atoms with van der Waals surface area (Å²) in [6.45, 7) is 5.96. The zero-order chi connectivity index (χ0) is 19.4. The van der Waals surface area contributed by atoms with Crippen LogP contribution in [-0.4, -0.2) is 16.9 Å². The van der Waals surface area contributed by atoms with Crippen molar-refractivity contribution in [3.8, 4) is 0 Å². The minimum Gasteiger partial charge on any atom is -0.456 e. The molecule has 0 spiro atoms. The van der Waals surface area contributed by atoms with Crippen LogP contribution in [0.2, 0.25) is 0 Å². The lowest BCUT2D eigenvalue weighted by Crippen LogP contribution is -2.14. The Bertz CT molecular complexity index is 958. The van der Waals surface area contributed by atoms with E-state index in [0.29, 0.717) is 16.3 Å². The predicted molar refractivity (Wildman–Crippen MR) is 109 cm³/mol. The summed E-state index contributed by atoms with van der Waals surface area (Å²) in [7, 11) is 0. The van der Waals surface area contributed by atoms with Gasteiger partial charge in [-0.25, -0.2) is 9.78 Å². The minimum absolute atomic E-state index is 0.100. The van der Waals surface area contributed by atoms with Gasteiger partial charge in [-0.3, -0.25) is 4.79 Å². The average Bonchev–Trinajstić information content (AvgIpc) is 3.20. The van der Waals surface area contributed by atoms with Gasteiger partial charge in [-0.05, 0) is 39.0 Å². The van der Waals surface area contributed by atoms with Crippen molar-refractivity contribution < 1.29 is 14.3 Å². The van der Waals surface area contributed by atoms with Crippen molar-refractivity contribution >= 4 is 40.2 Å². The summed E-state index contributed by atoms with van der Waals surface area (Å²) in [5.41, 5.74) is 3.15. The number of nitrogens with one attached hydrogen (secondary N) is 1. The van der Waals surface area contributed by atoms with Crippen LogP contribution in [-0.2, 0) is 22.6 Å². The number of nitrogens with zero attached hydrogens (tertiary/aromatic N) is 1. The molecule has 1 amide bonds. The smallest absolute Gasteiger partial charge is 0.339 e. The molecule has 7 heteroatoms. The number of rotatable bonds is 6. The molecule has 1 aromatic carbocycles. The van der Waals surface area contributed by atoms with Gasteiger partial charge in [0.2, 0.25) is 5.91 Å². The highest BCUT2D eigenvalue weighted by molar-refractivity contribution is 7.12. The molecule has 0 saturated carbocycles. The summed E-state index contributed by atoms with van der Waals surface area (Å²) < 4.78 is 5.34. The molecule has 0 aliphatic rings. The SMILES string of the molecule is Cc1ccc(NC(=O)Cc2nc(COC(=O)c3cc(C)sc3C)cs2)cc1. The van der Waals surface area contributed by atoms with Crippen molar-refractivity contribution in [3.63, 3.8) is 0 Å². The van der Waals surface area contributed by atoms with Crippen molar-refractivity contribution in [3.05, 3.63) is 67.3 Å². The molecule has 0 fully saturated rings. The third-order valence-electron chi connectivity index (χ3n) is 3.86. The number of aryl methyl sites for hydroxylation is 3. The fourth-order valence-electron chi connectivity index (χ4n) is 2.53. The summed E-state index contributed by atoms with van der Waals surface area (Å²) in [6, 6.07) is 9.47. The first kappa shape index (κ1) is 19.3. The van der Waals surface area contributed by atoms with Crippen LogP contribution in [0.3, 0.4) is 0 Å². The first-order valence-corrected chi connectivity index (χ1v) is 10.1. The number of carbonyl (C=O) groups excluding carboxylic acids is 2. The fourth-order valence-corrected chi connectivity index (χ4v) is 4.22. The minimum atomic E-state index is -0.344. The Labute approximate surface area is 166 Å². The number of hydrogen-bond acceptors (Lipinski definition) is 6. The maximum Gasteiger partial charge on any atom is 0.339 e. The Morgan fingerprint density at radius 1 is 1.15 bits per heavy atom. The molecule has 5 nitrogen and oxygen atoms in total. The van der Waals surface area contributed by atoms with Gasteiger partial charge >= 0.3 is 5.97 Å². The molecule has 0 unspecified atom stereocenters. The van der Waals surface area contributed by atoms with Gasteiger partial charge in [0.1, 0.15) is 11.6 Å². The second kappa shape index (κ2) is 8.45. The molecule has 0 bridgehead atoms. The number of aromatic nitrogens is 1.